The second-order valence-corrected chi connectivity index (χ2v) is 7.26. The van der Waals surface area contributed by atoms with Crippen molar-refractivity contribution in [3.8, 4) is 0 Å². The Balaban J connectivity index is 1.46. The lowest BCUT2D eigenvalue weighted by atomic mass is 10.1. The molecule has 1 aromatic heterocycles. The van der Waals surface area contributed by atoms with Gasteiger partial charge in [0.15, 0.2) is 5.78 Å². The number of amides is 2. The molecule has 1 atom stereocenters. The number of aromatic nitrogens is 1. The standard InChI is InChI=1S/C24H21N3O3/c25-23(29)21-6-3-15-27(21)24(30)18-9-7-17(8-10-18)22(28)14-13-19-12-11-16-4-1-2-5-20(16)26-19/h1-2,4-5,7-14,21H,3,6,15H2,(H2,25,29). The molecule has 30 heavy (non-hydrogen) atoms. The molecule has 0 aliphatic carbocycles. The van der Waals surface area contributed by atoms with Crippen LogP contribution in [0.5, 0.6) is 0 Å². The van der Waals surface area contributed by atoms with Crippen molar-refractivity contribution in [3.63, 3.8) is 0 Å². The zero-order chi connectivity index (χ0) is 21.1. The van der Waals surface area contributed by atoms with E-state index in [1.165, 1.54) is 11.0 Å². The molecule has 1 unspecified atom stereocenters. The van der Waals surface area contributed by atoms with E-state index in [0.29, 0.717) is 29.8 Å². The number of nitrogens with two attached hydrogens (primary N) is 1. The molecule has 0 bridgehead atoms. The average molecular weight is 399 g/mol. The van der Waals surface area contributed by atoms with E-state index in [0.717, 1.165) is 17.3 Å². The van der Waals surface area contributed by atoms with Gasteiger partial charge in [0, 0.05) is 23.1 Å². The topological polar surface area (TPSA) is 93.4 Å². The lowest BCUT2D eigenvalue weighted by Crippen LogP contribution is -2.43. The van der Waals surface area contributed by atoms with Crippen molar-refractivity contribution in [1.82, 2.24) is 9.88 Å². The molecular formula is C24H21N3O3. The second-order valence-electron chi connectivity index (χ2n) is 7.26. The molecule has 0 radical (unpaired) electrons. The molecule has 0 saturated carbocycles. The number of carbonyl (C=O) groups is 3. The number of ketones is 1. The summed E-state index contributed by atoms with van der Waals surface area (Å²) in [5.41, 5.74) is 7.85. The van der Waals surface area contributed by atoms with Crippen LogP contribution in [0.2, 0.25) is 0 Å². The van der Waals surface area contributed by atoms with E-state index in [1.807, 2.05) is 36.4 Å². The molecule has 0 spiro atoms. The summed E-state index contributed by atoms with van der Waals surface area (Å²) < 4.78 is 0. The zero-order valence-corrected chi connectivity index (χ0v) is 16.3. The summed E-state index contributed by atoms with van der Waals surface area (Å²) in [6.07, 6.45) is 4.49. The smallest absolute Gasteiger partial charge is 0.254 e. The zero-order valence-electron chi connectivity index (χ0n) is 16.3. The SMILES string of the molecule is NC(=O)C1CCCN1C(=O)c1ccc(C(=O)C=Cc2ccc3ccccc3n2)cc1. The molecule has 6 nitrogen and oxygen atoms in total. The lowest BCUT2D eigenvalue weighted by molar-refractivity contribution is -0.121. The summed E-state index contributed by atoms with van der Waals surface area (Å²) in [6.45, 7) is 0.509. The van der Waals surface area contributed by atoms with Crippen LogP contribution in [0, 0.1) is 0 Å². The highest BCUT2D eigenvalue weighted by atomic mass is 16.2. The number of pyridine rings is 1. The van der Waals surface area contributed by atoms with E-state index in [-0.39, 0.29) is 11.7 Å². The van der Waals surface area contributed by atoms with Crippen molar-refractivity contribution in [1.29, 1.82) is 0 Å². The summed E-state index contributed by atoms with van der Waals surface area (Å²) in [7, 11) is 0. The maximum atomic E-state index is 12.7. The van der Waals surface area contributed by atoms with Crippen molar-refractivity contribution in [2.45, 2.75) is 18.9 Å². The van der Waals surface area contributed by atoms with Crippen LogP contribution in [0.3, 0.4) is 0 Å². The number of primary amides is 1. The number of benzene rings is 2. The first-order chi connectivity index (χ1) is 14.5. The van der Waals surface area contributed by atoms with Crippen LogP contribution in [0.1, 0.15) is 39.3 Å². The monoisotopic (exact) mass is 399 g/mol. The van der Waals surface area contributed by atoms with Crippen LogP contribution in [0.15, 0.2) is 66.7 Å². The van der Waals surface area contributed by atoms with Gasteiger partial charge in [-0.3, -0.25) is 14.4 Å². The molecule has 2 amide bonds. The maximum absolute atomic E-state index is 12.7. The van der Waals surface area contributed by atoms with E-state index in [2.05, 4.69) is 4.98 Å². The Labute approximate surface area is 174 Å². The molecule has 1 saturated heterocycles. The predicted molar refractivity (Wildman–Crippen MR) is 115 cm³/mol. The molecule has 2 N–H and O–H groups in total. The number of allylic oxidation sites excluding steroid dienone is 1. The highest BCUT2D eigenvalue weighted by Gasteiger charge is 2.33. The third-order valence-corrected chi connectivity index (χ3v) is 5.28. The van der Waals surface area contributed by atoms with Crippen LogP contribution in [0.4, 0.5) is 0 Å². The lowest BCUT2D eigenvalue weighted by Gasteiger charge is -2.22. The first-order valence-corrected chi connectivity index (χ1v) is 9.81. The van der Waals surface area contributed by atoms with Crippen molar-refractivity contribution in [3.05, 3.63) is 83.6 Å². The Hall–Kier alpha value is -3.80. The second kappa shape index (κ2) is 8.29. The molecule has 1 fully saturated rings. The third kappa shape index (κ3) is 3.98. The van der Waals surface area contributed by atoms with Gasteiger partial charge in [-0.25, -0.2) is 4.98 Å². The van der Waals surface area contributed by atoms with E-state index >= 15 is 0 Å². The summed E-state index contributed by atoms with van der Waals surface area (Å²) in [5, 5.41) is 1.04. The van der Waals surface area contributed by atoms with Gasteiger partial charge in [-0.15, -0.1) is 0 Å². The largest absolute Gasteiger partial charge is 0.368 e. The molecule has 4 rings (SSSR count). The van der Waals surface area contributed by atoms with E-state index < -0.39 is 11.9 Å². The van der Waals surface area contributed by atoms with Crippen molar-refractivity contribution < 1.29 is 14.4 Å². The molecule has 3 aromatic rings. The third-order valence-electron chi connectivity index (χ3n) is 5.28. The fourth-order valence-corrected chi connectivity index (χ4v) is 3.68. The minimum atomic E-state index is -0.559. The number of hydrogen-bond acceptors (Lipinski definition) is 4. The van der Waals surface area contributed by atoms with Gasteiger partial charge >= 0.3 is 0 Å². The highest BCUT2D eigenvalue weighted by Crippen LogP contribution is 2.20. The van der Waals surface area contributed by atoms with Gasteiger partial charge in [-0.1, -0.05) is 36.4 Å². The van der Waals surface area contributed by atoms with Crippen molar-refractivity contribution >= 4 is 34.6 Å². The molecule has 1 aliphatic heterocycles. The van der Waals surface area contributed by atoms with Gasteiger partial charge in [-0.05, 0) is 49.3 Å². The Bertz CT molecular complexity index is 1150. The van der Waals surface area contributed by atoms with Crippen LogP contribution in [-0.2, 0) is 4.79 Å². The average Bonchev–Trinajstić information content (AvgIpc) is 3.27. The Kier molecular flexibility index (Phi) is 5.39. The van der Waals surface area contributed by atoms with Gasteiger partial charge in [0.25, 0.3) is 5.91 Å². The number of fused-ring (bicyclic) bond motifs is 1. The Morgan fingerprint density at radius 1 is 0.967 bits per heavy atom. The summed E-state index contributed by atoms with van der Waals surface area (Å²) in [6, 6.07) is 17.5. The van der Waals surface area contributed by atoms with E-state index in [1.54, 1.807) is 30.3 Å². The quantitative estimate of drug-likeness (QED) is 0.527. The van der Waals surface area contributed by atoms with E-state index in [9.17, 15) is 14.4 Å². The molecule has 6 heteroatoms. The van der Waals surface area contributed by atoms with Crippen LogP contribution in [0.25, 0.3) is 17.0 Å². The van der Waals surface area contributed by atoms with Crippen LogP contribution < -0.4 is 5.73 Å². The first kappa shape index (κ1) is 19.5. The number of para-hydroxylation sites is 1. The number of likely N-dealkylation sites (tertiary alicyclic amines) is 1. The Morgan fingerprint density at radius 3 is 2.47 bits per heavy atom. The molecular weight excluding hydrogens is 378 g/mol. The van der Waals surface area contributed by atoms with Gasteiger partial charge in [-0.2, -0.15) is 0 Å². The Morgan fingerprint density at radius 2 is 1.70 bits per heavy atom. The van der Waals surface area contributed by atoms with Gasteiger partial charge in [0.1, 0.15) is 6.04 Å². The first-order valence-electron chi connectivity index (χ1n) is 9.81. The molecule has 2 aromatic carbocycles. The van der Waals surface area contributed by atoms with Gasteiger partial charge in [0.2, 0.25) is 5.91 Å². The number of carbonyl (C=O) groups excluding carboxylic acids is 3. The highest BCUT2D eigenvalue weighted by molar-refractivity contribution is 6.07. The summed E-state index contributed by atoms with van der Waals surface area (Å²) in [4.78, 5) is 42.7. The normalized spacial score (nSPS) is 16.3. The fraction of sp³-hybridized carbons (Fsp3) is 0.167. The van der Waals surface area contributed by atoms with Gasteiger partial charge in [0.05, 0.1) is 11.2 Å². The van der Waals surface area contributed by atoms with Crippen molar-refractivity contribution in [2.24, 2.45) is 5.73 Å². The van der Waals surface area contributed by atoms with Crippen LogP contribution >= 0.6 is 0 Å². The summed E-state index contributed by atoms with van der Waals surface area (Å²) in [5.74, 6) is -0.911. The maximum Gasteiger partial charge on any atom is 0.254 e. The minimum absolute atomic E-state index is 0.180. The minimum Gasteiger partial charge on any atom is -0.368 e. The van der Waals surface area contributed by atoms with Gasteiger partial charge < -0.3 is 10.6 Å². The van der Waals surface area contributed by atoms with E-state index in [4.69, 9.17) is 5.73 Å². The fourth-order valence-electron chi connectivity index (χ4n) is 3.68. The molecule has 2 heterocycles. The number of nitrogens with zero attached hydrogens (tertiary/aromatic N) is 2. The summed E-state index contributed by atoms with van der Waals surface area (Å²) >= 11 is 0. The van der Waals surface area contributed by atoms with Crippen molar-refractivity contribution in [2.75, 3.05) is 6.54 Å². The predicted octanol–water partition coefficient (Wildman–Crippen LogP) is 3.22. The molecule has 150 valence electrons. The van der Waals surface area contributed by atoms with Crippen LogP contribution in [-0.4, -0.2) is 40.1 Å². The number of hydrogen-bond donors (Lipinski definition) is 1. The number of rotatable bonds is 5. The molecule has 1 aliphatic rings.